The van der Waals surface area contributed by atoms with Crippen molar-refractivity contribution in [1.29, 1.82) is 0 Å². The zero-order chi connectivity index (χ0) is 14.7. The Morgan fingerprint density at radius 1 is 1.35 bits per heavy atom. The average molecular weight is 357 g/mol. The van der Waals surface area contributed by atoms with Gasteiger partial charge in [-0.25, -0.2) is 0 Å². The molecule has 0 atom stereocenters. The van der Waals surface area contributed by atoms with Gasteiger partial charge in [0.2, 0.25) is 5.91 Å². The van der Waals surface area contributed by atoms with E-state index in [0.717, 1.165) is 0 Å². The van der Waals surface area contributed by atoms with Crippen LogP contribution in [0.3, 0.4) is 0 Å². The first-order valence-electron chi connectivity index (χ1n) is 5.66. The number of nitrogen functional groups attached to an aromatic ring is 1. The summed E-state index contributed by atoms with van der Waals surface area (Å²) in [5, 5.41) is 3.24. The predicted molar refractivity (Wildman–Crippen MR) is 82.9 cm³/mol. The van der Waals surface area contributed by atoms with E-state index in [1.54, 1.807) is 18.2 Å². The highest BCUT2D eigenvalue weighted by atomic mass is 79.9. The third-order valence-electron chi connectivity index (χ3n) is 2.53. The number of nitrogens with zero attached hydrogens (tertiary/aromatic N) is 1. The van der Waals surface area contributed by atoms with Crippen molar-refractivity contribution in [3.63, 3.8) is 0 Å². The molecule has 1 amide bonds. The van der Waals surface area contributed by atoms with Gasteiger partial charge in [0.15, 0.2) is 0 Å². The van der Waals surface area contributed by atoms with E-state index in [4.69, 9.17) is 17.3 Å². The van der Waals surface area contributed by atoms with Crippen LogP contribution in [0.4, 0.5) is 11.4 Å². The molecule has 0 spiro atoms. The van der Waals surface area contributed by atoms with E-state index in [-0.39, 0.29) is 18.0 Å². The van der Waals surface area contributed by atoms with Crippen molar-refractivity contribution in [2.45, 2.75) is 6.54 Å². The van der Waals surface area contributed by atoms with Crippen LogP contribution >= 0.6 is 27.5 Å². The lowest BCUT2D eigenvalue weighted by Crippen LogP contribution is -2.27. The number of aromatic nitrogens is 1. The van der Waals surface area contributed by atoms with Crippen LogP contribution in [0.15, 0.2) is 45.8 Å². The van der Waals surface area contributed by atoms with E-state index in [1.165, 1.54) is 22.9 Å². The number of nitrogens with one attached hydrogen (secondary N) is 1. The molecule has 7 heteroatoms. The monoisotopic (exact) mass is 355 g/mol. The van der Waals surface area contributed by atoms with Crippen LogP contribution in [0, 0.1) is 0 Å². The molecule has 1 aromatic heterocycles. The lowest BCUT2D eigenvalue weighted by atomic mass is 10.3. The Morgan fingerprint density at radius 3 is 2.80 bits per heavy atom. The molecular formula is C13H11BrClN3O2. The normalized spacial score (nSPS) is 10.3. The standard InChI is InChI=1S/C13H11BrClN3O2/c14-10-5-8(15)1-3-11(10)17-12(19)7-18-6-9(16)2-4-13(18)20/h1-6H,7,16H2,(H,17,19). The molecule has 5 nitrogen and oxygen atoms in total. The van der Waals surface area contributed by atoms with Crippen molar-refractivity contribution < 1.29 is 4.79 Å². The molecule has 0 fully saturated rings. The molecule has 3 N–H and O–H groups in total. The minimum Gasteiger partial charge on any atom is -0.398 e. The van der Waals surface area contributed by atoms with E-state index >= 15 is 0 Å². The van der Waals surface area contributed by atoms with Gasteiger partial charge in [0, 0.05) is 27.4 Å². The Hall–Kier alpha value is -1.79. The minimum absolute atomic E-state index is 0.112. The largest absolute Gasteiger partial charge is 0.398 e. The zero-order valence-corrected chi connectivity index (χ0v) is 12.6. The molecule has 0 saturated carbocycles. The van der Waals surface area contributed by atoms with Gasteiger partial charge in [-0.05, 0) is 40.2 Å². The highest BCUT2D eigenvalue weighted by molar-refractivity contribution is 9.10. The van der Waals surface area contributed by atoms with Gasteiger partial charge in [0.1, 0.15) is 6.54 Å². The molecule has 0 unspecified atom stereocenters. The molecule has 104 valence electrons. The maximum absolute atomic E-state index is 11.9. The number of pyridine rings is 1. The first-order valence-corrected chi connectivity index (χ1v) is 6.83. The van der Waals surface area contributed by atoms with E-state index in [0.29, 0.717) is 20.9 Å². The fourth-order valence-electron chi connectivity index (χ4n) is 1.61. The number of nitrogens with two attached hydrogens (primary N) is 1. The van der Waals surface area contributed by atoms with E-state index in [2.05, 4.69) is 21.2 Å². The Kier molecular flexibility index (Phi) is 4.46. The first-order chi connectivity index (χ1) is 9.45. The zero-order valence-electron chi connectivity index (χ0n) is 10.3. The fourth-order valence-corrected chi connectivity index (χ4v) is 2.39. The van der Waals surface area contributed by atoms with Crippen LogP contribution in [0.1, 0.15) is 0 Å². The molecule has 20 heavy (non-hydrogen) atoms. The number of hydrogen-bond acceptors (Lipinski definition) is 3. The summed E-state index contributed by atoms with van der Waals surface area (Å²) in [5.41, 5.74) is 6.30. The highest BCUT2D eigenvalue weighted by Crippen LogP contribution is 2.25. The lowest BCUT2D eigenvalue weighted by molar-refractivity contribution is -0.116. The molecule has 0 aliphatic rings. The van der Waals surface area contributed by atoms with Gasteiger partial charge in [-0.1, -0.05) is 11.6 Å². The number of hydrogen-bond donors (Lipinski definition) is 2. The Balaban J connectivity index is 2.13. The van der Waals surface area contributed by atoms with Crippen molar-refractivity contribution in [3.8, 4) is 0 Å². The van der Waals surface area contributed by atoms with Crippen LogP contribution in [-0.4, -0.2) is 10.5 Å². The predicted octanol–water partition coefficient (Wildman–Crippen LogP) is 2.49. The topological polar surface area (TPSA) is 77.1 Å². The van der Waals surface area contributed by atoms with Gasteiger partial charge in [-0.3, -0.25) is 9.59 Å². The molecule has 1 heterocycles. The van der Waals surface area contributed by atoms with Crippen LogP contribution in [0.25, 0.3) is 0 Å². The van der Waals surface area contributed by atoms with Crippen LogP contribution < -0.4 is 16.6 Å². The first kappa shape index (κ1) is 14.6. The van der Waals surface area contributed by atoms with Crippen molar-refractivity contribution in [2.75, 3.05) is 11.1 Å². The number of anilines is 2. The third-order valence-corrected chi connectivity index (χ3v) is 3.42. The average Bonchev–Trinajstić information content (AvgIpc) is 2.37. The minimum atomic E-state index is -0.333. The van der Waals surface area contributed by atoms with Crippen LogP contribution in [-0.2, 0) is 11.3 Å². The number of benzene rings is 1. The lowest BCUT2D eigenvalue weighted by Gasteiger charge is -2.09. The Morgan fingerprint density at radius 2 is 2.10 bits per heavy atom. The summed E-state index contributed by atoms with van der Waals surface area (Å²) in [4.78, 5) is 23.5. The van der Waals surface area contributed by atoms with Gasteiger partial charge in [-0.2, -0.15) is 0 Å². The SMILES string of the molecule is Nc1ccc(=O)n(CC(=O)Nc2ccc(Cl)cc2Br)c1. The van der Waals surface area contributed by atoms with Crippen molar-refractivity contribution in [3.05, 3.63) is 56.4 Å². The third kappa shape index (κ3) is 3.61. The fraction of sp³-hybridized carbons (Fsp3) is 0.0769. The Bertz CT molecular complexity index is 715. The molecule has 2 rings (SSSR count). The van der Waals surface area contributed by atoms with E-state index in [9.17, 15) is 9.59 Å². The summed E-state index contributed by atoms with van der Waals surface area (Å²) in [6.45, 7) is -0.112. The quantitative estimate of drug-likeness (QED) is 0.887. The second kappa shape index (κ2) is 6.11. The summed E-state index contributed by atoms with van der Waals surface area (Å²) < 4.78 is 1.91. The Labute approximate surface area is 128 Å². The summed E-state index contributed by atoms with van der Waals surface area (Å²) >= 11 is 9.12. The van der Waals surface area contributed by atoms with Crippen LogP contribution in [0.5, 0.6) is 0 Å². The maximum Gasteiger partial charge on any atom is 0.251 e. The molecule has 0 bridgehead atoms. The number of amides is 1. The molecule has 1 aromatic carbocycles. The number of carbonyl (C=O) groups excluding carboxylic acids is 1. The summed E-state index contributed by atoms with van der Waals surface area (Å²) in [6.07, 6.45) is 1.43. The molecular weight excluding hydrogens is 346 g/mol. The number of rotatable bonds is 3. The molecule has 2 aromatic rings. The van der Waals surface area contributed by atoms with Gasteiger partial charge in [0.05, 0.1) is 5.69 Å². The van der Waals surface area contributed by atoms with Gasteiger partial charge < -0.3 is 15.6 Å². The highest BCUT2D eigenvalue weighted by Gasteiger charge is 2.08. The molecule has 0 aliphatic heterocycles. The van der Waals surface area contributed by atoms with Crippen molar-refractivity contribution in [1.82, 2.24) is 4.57 Å². The van der Waals surface area contributed by atoms with Crippen molar-refractivity contribution in [2.24, 2.45) is 0 Å². The van der Waals surface area contributed by atoms with E-state index < -0.39 is 0 Å². The number of halogens is 2. The van der Waals surface area contributed by atoms with Gasteiger partial charge in [0.25, 0.3) is 5.56 Å². The summed E-state index contributed by atoms with van der Waals surface area (Å²) in [6, 6.07) is 7.82. The summed E-state index contributed by atoms with van der Waals surface area (Å²) in [7, 11) is 0. The second-order valence-corrected chi connectivity index (χ2v) is 5.39. The molecule has 0 saturated heterocycles. The maximum atomic E-state index is 11.9. The van der Waals surface area contributed by atoms with Gasteiger partial charge in [-0.15, -0.1) is 0 Å². The van der Waals surface area contributed by atoms with E-state index in [1.807, 2.05) is 0 Å². The van der Waals surface area contributed by atoms with Crippen LogP contribution in [0.2, 0.25) is 5.02 Å². The molecule has 0 aliphatic carbocycles. The van der Waals surface area contributed by atoms with Gasteiger partial charge >= 0.3 is 0 Å². The smallest absolute Gasteiger partial charge is 0.251 e. The number of carbonyl (C=O) groups is 1. The van der Waals surface area contributed by atoms with Crippen molar-refractivity contribution >= 4 is 44.8 Å². The molecule has 0 radical (unpaired) electrons. The summed E-state index contributed by atoms with van der Waals surface area (Å²) in [5.74, 6) is -0.333. The second-order valence-electron chi connectivity index (χ2n) is 4.10.